The zero-order chi connectivity index (χ0) is 20.1. The summed E-state index contributed by atoms with van der Waals surface area (Å²) in [6.07, 6.45) is 6.62. The van der Waals surface area contributed by atoms with Crippen LogP contribution in [0.25, 0.3) is 6.08 Å². The van der Waals surface area contributed by atoms with Crippen LogP contribution in [-0.2, 0) is 6.54 Å². The molecule has 0 unspecified atom stereocenters. The Balaban J connectivity index is 1.50. The van der Waals surface area contributed by atoms with Gasteiger partial charge in [0.2, 0.25) is 5.78 Å². The molecule has 2 heterocycles. The first-order chi connectivity index (χ1) is 14.0. The van der Waals surface area contributed by atoms with Gasteiger partial charge in [-0.05, 0) is 44.0 Å². The lowest BCUT2D eigenvalue weighted by Crippen LogP contribution is -2.39. The SMILES string of the molecule is Cc1c2c(cc3c1O/C(=C\c1c(Cl)cccc1Cl)C3=O)CN(C1CCCC1)CO2. The van der Waals surface area contributed by atoms with Gasteiger partial charge in [-0.1, -0.05) is 42.1 Å². The van der Waals surface area contributed by atoms with Crippen molar-refractivity contribution < 1.29 is 14.3 Å². The molecular weight excluding hydrogens is 409 g/mol. The minimum absolute atomic E-state index is 0.153. The van der Waals surface area contributed by atoms with Gasteiger partial charge in [-0.2, -0.15) is 0 Å². The van der Waals surface area contributed by atoms with Crippen LogP contribution in [0, 0.1) is 6.92 Å². The Morgan fingerprint density at radius 2 is 1.86 bits per heavy atom. The molecule has 2 aromatic carbocycles. The van der Waals surface area contributed by atoms with E-state index in [1.807, 2.05) is 13.0 Å². The predicted octanol–water partition coefficient (Wildman–Crippen LogP) is 6.01. The van der Waals surface area contributed by atoms with E-state index in [0.29, 0.717) is 39.7 Å². The topological polar surface area (TPSA) is 38.8 Å². The van der Waals surface area contributed by atoms with E-state index in [1.165, 1.54) is 25.7 Å². The molecule has 29 heavy (non-hydrogen) atoms. The number of hydrogen-bond donors (Lipinski definition) is 0. The number of benzene rings is 2. The highest BCUT2D eigenvalue weighted by molar-refractivity contribution is 6.37. The number of nitrogens with zero attached hydrogens (tertiary/aromatic N) is 1. The van der Waals surface area contributed by atoms with E-state index in [2.05, 4.69) is 4.90 Å². The first-order valence-electron chi connectivity index (χ1n) is 9.94. The molecule has 6 heteroatoms. The van der Waals surface area contributed by atoms with E-state index in [4.69, 9.17) is 32.7 Å². The monoisotopic (exact) mass is 429 g/mol. The smallest absolute Gasteiger partial charge is 0.231 e. The van der Waals surface area contributed by atoms with Crippen molar-refractivity contribution in [3.63, 3.8) is 0 Å². The molecule has 1 fully saturated rings. The lowest BCUT2D eigenvalue weighted by Gasteiger charge is -2.34. The molecule has 0 aromatic heterocycles. The maximum absolute atomic E-state index is 13.1. The van der Waals surface area contributed by atoms with Crippen molar-refractivity contribution in [2.45, 2.75) is 45.2 Å². The lowest BCUT2D eigenvalue weighted by molar-refractivity contribution is 0.0570. The maximum Gasteiger partial charge on any atom is 0.231 e. The van der Waals surface area contributed by atoms with Gasteiger partial charge in [-0.25, -0.2) is 0 Å². The average molecular weight is 430 g/mol. The standard InChI is InChI=1S/C23H21Cl2NO3/c1-13-22-14(11-26(12-28-22)15-5-2-3-6-15)9-17-21(27)20(29-23(13)17)10-16-18(24)7-4-8-19(16)25/h4,7-10,15H,2-3,5-6,11-12H2,1H3/b20-10-. The number of halogens is 2. The number of fused-ring (bicyclic) bond motifs is 2. The number of ketones is 1. The van der Waals surface area contributed by atoms with Gasteiger partial charge in [-0.15, -0.1) is 0 Å². The minimum atomic E-state index is -0.153. The Kier molecular flexibility index (Phi) is 4.81. The Hall–Kier alpha value is -2.01. The van der Waals surface area contributed by atoms with Gasteiger partial charge in [-0.3, -0.25) is 9.69 Å². The quantitative estimate of drug-likeness (QED) is 0.547. The van der Waals surface area contributed by atoms with Crippen molar-refractivity contribution >= 4 is 35.1 Å². The number of hydrogen-bond acceptors (Lipinski definition) is 4. The van der Waals surface area contributed by atoms with Crippen molar-refractivity contribution in [3.8, 4) is 11.5 Å². The summed E-state index contributed by atoms with van der Waals surface area (Å²) in [6, 6.07) is 7.74. The Morgan fingerprint density at radius 1 is 1.14 bits per heavy atom. The van der Waals surface area contributed by atoms with Gasteiger partial charge >= 0.3 is 0 Å². The highest BCUT2D eigenvalue weighted by Gasteiger charge is 2.35. The highest BCUT2D eigenvalue weighted by Crippen LogP contribution is 2.44. The molecule has 0 bridgehead atoms. The molecule has 3 aliphatic rings. The molecule has 0 saturated heterocycles. The Morgan fingerprint density at radius 3 is 2.59 bits per heavy atom. The van der Waals surface area contributed by atoms with E-state index in [9.17, 15) is 4.79 Å². The van der Waals surface area contributed by atoms with E-state index in [1.54, 1.807) is 24.3 Å². The summed E-state index contributed by atoms with van der Waals surface area (Å²) in [5.41, 5.74) is 3.07. The van der Waals surface area contributed by atoms with E-state index in [-0.39, 0.29) is 11.5 Å². The highest BCUT2D eigenvalue weighted by atomic mass is 35.5. The second kappa shape index (κ2) is 7.35. The summed E-state index contributed by atoms with van der Waals surface area (Å²) in [6.45, 7) is 3.33. The second-order valence-electron chi connectivity index (χ2n) is 7.90. The van der Waals surface area contributed by atoms with Gasteiger partial charge in [0.25, 0.3) is 0 Å². The molecule has 5 rings (SSSR count). The molecule has 1 saturated carbocycles. The van der Waals surface area contributed by atoms with Gasteiger partial charge in [0, 0.05) is 39.3 Å². The molecule has 150 valence electrons. The third kappa shape index (κ3) is 3.24. The van der Waals surface area contributed by atoms with Crippen LogP contribution in [0.1, 0.15) is 52.7 Å². The van der Waals surface area contributed by atoms with E-state index < -0.39 is 0 Å². The Bertz CT molecular complexity index is 1020. The fraction of sp³-hybridized carbons (Fsp3) is 0.348. The van der Waals surface area contributed by atoms with Crippen LogP contribution in [-0.4, -0.2) is 23.5 Å². The fourth-order valence-corrected chi connectivity index (χ4v) is 5.06. The van der Waals surface area contributed by atoms with Crippen LogP contribution >= 0.6 is 23.2 Å². The average Bonchev–Trinajstić information content (AvgIpc) is 3.35. The Labute approximate surface area is 180 Å². The van der Waals surface area contributed by atoms with Crippen molar-refractivity contribution in [1.82, 2.24) is 4.90 Å². The van der Waals surface area contributed by atoms with E-state index in [0.717, 1.165) is 23.4 Å². The van der Waals surface area contributed by atoms with Gasteiger partial charge in [0.05, 0.1) is 5.56 Å². The third-order valence-corrected chi connectivity index (χ3v) is 6.74. The number of ether oxygens (including phenoxy) is 2. The summed E-state index contributed by atoms with van der Waals surface area (Å²) in [5, 5.41) is 0.952. The van der Waals surface area contributed by atoms with Crippen molar-refractivity contribution in [3.05, 3.63) is 62.3 Å². The largest absolute Gasteiger partial charge is 0.477 e. The van der Waals surface area contributed by atoms with Gasteiger partial charge in [0.1, 0.15) is 18.2 Å². The number of carbonyl (C=O) groups excluding carboxylic acids is 1. The number of rotatable bonds is 2. The lowest BCUT2D eigenvalue weighted by atomic mass is 9.99. The molecule has 1 aliphatic carbocycles. The maximum atomic E-state index is 13.1. The van der Waals surface area contributed by atoms with Gasteiger partial charge in [0.15, 0.2) is 5.76 Å². The summed E-state index contributed by atoms with van der Waals surface area (Å²) < 4.78 is 12.1. The van der Waals surface area contributed by atoms with E-state index >= 15 is 0 Å². The van der Waals surface area contributed by atoms with Crippen LogP contribution in [0.2, 0.25) is 10.0 Å². The first-order valence-corrected chi connectivity index (χ1v) is 10.7. The van der Waals surface area contributed by atoms with Crippen LogP contribution < -0.4 is 9.47 Å². The molecule has 2 aromatic rings. The molecule has 4 nitrogen and oxygen atoms in total. The second-order valence-corrected chi connectivity index (χ2v) is 8.71. The van der Waals surface area contributed by atoms with Crippen molar-refractivity contribution in [2.24, 2.45) is 0 Å². The van der Waals surface area contributed by atoms with Crippen molar-refractivity contribution in [1.29, 1.82) is 0 Å². The minimum Gasteiger partial charge on any atom is -0.477 e. The molecule has 0 radical (unpaired) electrons. The molecule has 0 N–H and O–H groups in total. The van der Waals surface area contributed by atoms with Crippen LogP contribution in [0.15, 0.2) is 30.0 Å². The molecule has 0 amide bonds. The predicted molar refractivity (Wildman–Crippen MR) is 114 cm³/mol. The molecule has 0 spiro atoms. The fourth-order valence-electron chi connectivity index (χ4n) is 4.55. The normalized spacial score (nSPS) is 20.5. The van der Waals surface area contributed by atoms with Gasteiger partial charge < -0.3 is 9.47 Å². The first kappa shape index (κ1) is 19.0. The van der Waals surface area contributed by atoms with Crippen LogP contribution in [0.4, 0.5) is 0 Å². The summed E-state index contributed by atoms with van der Waals surface area (Å²) in [5.74, 6) is 1.48. The zero-order valence-corrected chi connectivity index (χ0v) is 17.6. The number of Topliss-reactive ketones (excluding diaryl/α,β-unsaturated/α-hetero) is 1. The summed E-state index contributed by atoms with van der Waals surface area (Å²) in [4.78, 5) is 15.4. The zero-order valence-electron chi connectivity index (χ0n) is 16.1. The molecule has 2 aliphatic heterocycles. The number of carbonyl (C=O) groups is 1. The van der Waals surface area contributed by atoms with Crippen LogP contribution in [0.5, 0.6) is 11.5 Å². The summed E-state index contributed by atoms with van der Waals surface area (Å²) >= 11 is 12.5. The third-order valence-electron chi connectivity index (χ3n) is 6.08. The molecule has 0 atom stereocenters. The van der Waals surface area contributed by atoms with Crippen LogP contribution in [0.3, 0.4) is 0 Å². The molecular formula is C23H21Cl2NO3. The van der Waals surface area contributed by atoms with Crippen molar-refractivity contribution in [2.75, 3.05) is 6.73 Å². The summed E-state index contributed by atoms with van der Waals surface area (Å²) in [7, 11) is 0. The number of allylic oxidation sites excluding steroid dienone is 1.